The molecule has 0 bridgehead atoms. The van der Waals surface area contributed by atoms with Crippen molar-refractivity contribution in [3.8, 4) is 0 Å². The number of anilines is 1. The Morgan fingerprint density at radius 2 is 2.35 bits per heavy atom. The van der Waals surface area contributed by atoms with Gasteiger partial charge in [0.05, 0.1) is 0 Å². The molecular formula is C11H10FN3OS. The molecule has 0 aromatic carbocycles. The zero-order valence-corrected chi connectivity index (χ0v) is 9.92. The molecule has 2 rings (SSSR count). The summed E-state index contributed by atoms with van der Waals surface area (Å²) in [6, 6.07) is 2.54. The van der Waals surface area contributed by atoms with E-state index in [1.165, 1.54) is 23.6 Å². The number of carbonyl (C=O) groups is 1. The van der Waals surface area contributed by atoms with Gasteiger partial charge in [-0.2, -0.15) is 4.39 Å². The molecule has 0 saturated carbocycles. The Hall–Kier alpha value is -1.82. The topological polar surface area (TPSA) is 54.9 Å². The minimum absolute atomic E-state index is 0.228. The second kappa shape index (κ2) is 5.01. The number of thiazole rings is 1. The minimum Gasteiger partial charge on any atom is -0.298 e. The van der Waals surface area contributed by atoms with E-state index in [1.807, 2.05) is 6.92 Å². The molecule has 0 unspecified atom stereocenters. The lowest BCUT2D eigenvalue weighted by Gasteiger charge is -2.00. The van der Waals surface area contributed by atoms with Crippen molar-refractivity contribution in [1.82, 2.24) is 9.97 Å². The summed E-state index contributed by atoms with van der Waals surface area (Å²) < 4.78 is 12.8. The summed E-state index contributed by atoms with van der Waals surface area (Å²) in [5, 5.41) is 3.13. The van der Waals surface area contributed by atoms with Gasteiger partial charge in [0.15, 0.2) is 5.13 Å². The average Bonchev–Trinajstić information content (AvgIpc) is 2.77. The molecule has 0 fully saturated rings. The van der Waals surface area contributed by atoms with Crippen LogP contribution in [0.3, 0.4) is 0 Å². The third-order valence-corrected chi connectivity index (χ3v) is 3.17. The van der Waals surface area contributed by atoms with Gasteiger partial charge >= 0.3 is 0 Å². The molecule has 2 aromatic rings. The largest absolute Gasteiger partial charge is 0.298 e. The van der Waals surface area contributed by atoms with Crippen LogP contribution in [0.25, 0.3) is 0 Å². The maximum absolute atomic E-state index is 12.8. The van der Waals surface area contributed by atoms with Crippen molar-refractivity contribution >= 4 is 22.4 Å². The van der Waals surface area contributed by atoms with Gasteiger partial charge in [-0.05, 0) is 12.5 Å². The fourth-order valence-electron chi connectivity index (χ4n) is 1.24. The Balaban J connectivity index is 2.11. The Bertz CT molecular complexity index is 541. The molecule has 0 atom stereocenters. The van der Waals surface area contributed by atoms with Crippen molar-refractivity contribution in [3.63, 3.8) is 0 Å². The molecule has 2 aromatic heterocycles. The number of rotatable bonds is 3. The van der Waals surface area contributed by atoms with Crippen LogP contribution in [0, 0.1) is 5.95 Å². The molecule has 2 heterocycles. The summed E-state index contributed by atoms with van der Waals surface area (Å²) >= 11 is 1.41. The lowest BCUT2D eigenvalue weighted by atomic mass is 10.2. The van der Waals surface area contributed by atoms with Crippen LogP contribution in [0.15, 0.2) is 24.5 Å². The van der Waals surface area contributed by atoms with Crippen molar-refractivity contribution < 1.29 is 9.18 Å². The molecule has 0 aliphatic carbocycles. The first-order valence-electron chi connectivity index (χ1n) is 5.06. The smallest absolute Gasteiger partial charge is 0.257 e. The van der Waals surface area contributed by atoms with Crippen molar-refractivity contribution in [3.05, 3.63) is 40.9 Å². The number of aromatic nitrogens is 2. The summed E-state index contributed by atoms with van der Waals surface area (Å²) in [7, 11) is 0. The molecule has 17 heavy (non-hydrogen) atoms. The number of nitrogens with zero attached hydrogens (tertiary/aromatic N) is 2. The quantitative estimate of drug-likeness (QED) is 0.853. The predicted molar refractivity (Wildman–Crippen MR) is 63.6 cm³/mol. The molecule has 6 heteroatoms. The molecule has 88 valence electrons. The van der Waals surface area contributed by atoms with Crippen LogP contribution in [0.5, 0.6) is 0 Å². The van der Waals surface area contributed by atoms with E-state index in [1.54, 1.807) is 6.20 Å². The van der Waals surface area contributed by atoms with Crippen molar-refractivity contribution in [2.24, 2.45) is 0 Å². The fourth-order valence-corrected chi connectivity index (χ4v) is 1.99. The van der Waals surface area contributed by atoms with Crippen LogP contribution in [0.4, 0.5) is 9.52 Å². The van der Waals surface area contributed by atoms with Crippen LogP contribution in [0.1, 0.15) is 22.2 Å². The number of amides is 1. The van der Waals surface area contributed by atoms with Crippen LogP contribution in [-0.2, 0) is 6.42 Å². The lowest BCUT2D eigenvalue weighted by Crippen LogP contribution is -2.12. The van der Waals surface area contributed by atoms with Gasteiger partial charge < -0.3 is 0 Å². The van der Waals surface area contributed by atoms with E-state index in [0.29, 0.717) is 5.13 Å². The lowest BCUT2D eigenvalue weighted by molar-refractivity contribution is 0.102. The zero-order valence-electron chi connectivity index (χ0n) is 9.11. The average molecular weight is 251 g/mol. The van der Waals surface area contributed by atoms with Crippen LogP contribution < -0.4 is 5.32 Å². The van der Waals surface area contributed by atoms with E-state index in [4.69, 9.17) is 0 Å². The monoisotopic (exact) mass is 251 g/mol. The predicted octanol–water partition coefficient (Wildman–Crippen LogP) is 2.49. The highest BCUT2D eigenvalue weighted by molar-refractivity contribution is 7.15. The van der Waals surface area contributed by atoms with Gasteiger partial charge in [-0.25, -0.2) is 9.97 Å². The molecule has 4 nitrogen and oxygen atoms in total. The summed E-state index contributed by atoms with van der Waals surface area (Å²) in [5.74, 6) is -1.06. The maximum Gasteiger partial charge on any atom is 0.257 e. The van der Waals surface area contributed by atoms with Crippen molar-refractivity contribution in [2.45, 2.75) is 13.3 Å². The summed E-state index contributed by atoms with van der Waals surface area (Å²) in [6.07, 6.45) is 3.84. The van der Waals surface area contributed by atoms with Gasteiger partial charge in [-0.1, -0.05) is 6.92 Å². The van der Waals surface area contributed by atoms with Gasteiger partial charge in [-0.15, -0.1) is 11.3 Å². The minimum atomic E-state index is -0.675. The first kappa shape index (κ1) is 11.7. The van der Waals surface area contributed by atoms with Crippen molar-refractivity contribution in [2.75, 3.05) is 5.32 Å². The summed E-state index contributed by atoms with van der Waals surface area (Å²) in [5.41, 5.74) is 0.228. The van der Waals surface area contributed by atoms with Crippen LogP contribution >= 0.6 is 11.3 Å². The Morgan fingerprint density at radius 3 is 3.00 bits per heavy atom. The molecule has 0 saturated heterocycles. The van der Waals surface area contributed by atoms with Gasteiger partial charge in [0.1, 0.15) is 0 Å². The molecular weight excluding hydrogens is 241 g/mol. The molecule has 0 radical (unpaired) electrons. The van der Waals surface area contributed by atoms with E-state index in [0.717, 1.165) is 17.4 Å². The van der Waals surface area contributed by atoms with Crippen molar-refractivity contribution in [1.29, 1.82) is 0 Å². The van der Waals surface area contributed by atoms with Gasteiger partial charge in [0.2, 0.25) is 5.95 Å². The van der Waals surface area contributed by atoms with Gasteiger partial charge in [0, 0.05) is 28.9 Å². The fraction of sp³-hybridized carbons (Fsp3) is 0.182. The molecule has 1 amide bonds. The van der Waals surface area contributed by atoms with Gasteiger partial charge in [-0.3, -0.25) is 10.1 Å². The second-order valence-electron chi connectivity index (χ2n) is 3.31. The number of halogens is 1. The Kier molecular flexibility index (Phi) is 3.43. The molecule has 1 N–H and O–H groups in total. The number of nitrogens with one attached hydrogen (secondary N) is 1. The molecule has 0 aliphatic heterocycles. The number of hydrogen-bond acceptors (Lipinski definition) is 4. The van der Waals surface area contributed by atoms with Crippen LogP contribution in [0.2, 0.25) is 0 Å². The van der Waals surface area contributed by atoms with E-state index in [-0.39, 0.29) is 11.5 Å². The zero-order chi connectivity index (χ0) is 12.3. The number of carbonyl (C=O) groups excluding carboxylic acids is 1. The highest BCUT2D eigenvalue weighted by Gasteiger charge is 2.09. The van der Waals surface area contributed by atoms with E-state index in [2.05, 4.69) is 15.3 Å². The van der Waals surface area contributed by atoms with E-state index in [9.17, 15) is 9.18 Å². The molecule has 0 spiro atoms. The number of pyridine rings is 1. The van der Waals surface area contributed by atoms with E-state index < -0.39 is 5.95 Å². The first-order chi connectivity index (χ1) is 8.19. The maximum atomic E-state index is 12.8. The normalized spacial score (nSPS) is 10.2. The third kappa shape index (κ3) is 2.85. The second-order valence-corrected chi connectivity index (χ2v) is 4.42. The van der Waals surface area contributed by atoms with Crippen LogP contribution in [-0.4, -0.2) is 15.9 Å². The summed E-state index contributed by atoms with van der Waals surface area (Å²) in [6.45, 7) is 2.01. The summed E-state index contributed by atoms with van der Waals surface area (Å²) in [4.78, 5) is 20.2. The number of hydrogen-bond donors (Lipinski definition) is 1. The number of aryl methyl sites for hydroxylation is 1. The SMILES string of the molecule is CCc1cnc(NC(=O)c2ccnc(F)c2)s1. The van der Waals surface area contributed by atoms with Gasteiger partial charge in [0.25, 0.3) is 5.91 Å². The Morgan fingerprint density at radius 1 is 1.53 bits per heavy atom. The highest BCUT2D eigenvalue weighted by Crippen LogP contribution is 2.19. The first-order valence-corrected chi connectivity index (χ1v) is 5.88. The highest BCUT2D eigenvalue weighted by atomic mass is 32.1. The standard InChI is InChI=1S/C11H10FN3OS/c1-2-8-6-14-11(17-8)15-10(16)7-3-4-13-9(12)5-7/h3-6H,2H2,1H3,(H,14,15,16). The third-order valence-electron chi connectivity index (χ3n) is 2.11. The molecule has 0 aliphatic rings. The Labute approximate surface area is 102 Å². The van der Waals surface area contributed by atoms with E-state index >= 15 is 0 Å².